The fraction of sp³-hybridized carbons (Fsp3) is 0.455. The maximum atomic E-state index is 12.5. The van der Waals surface area contributed by atoms with Crippen molar-refractivity contribution >= 4 is 5.82 Å². The van der Waals surface area contributed by atoms with Crippen LogP contribution >= 0.6 is 0 Å². The summed E-state index contributed by atoms with van der Waals surface area (Å²) >= 11 is 0. The highest BCUT2D eigenvalue weighted by molar-refractivity contribution is 5.52. The van der Waals surface area contributed by atoms with Crippen molar-refractivity contribution in [2.45, 2.75) is 19.0 Å². The maximum Gasteiger partial charge on any atom is 0.433 e. The highest BCUT2D eigenvalue weighted by Crippen LogP contribution is 2.29. The van der Waals surface area contributed by atoms with E-state index in [1.165, 1.54) is 0 Å². The van der Waals surface area contributed by atoms with Crippen LogP contribution in [0.1, 0.15) is 24.1 Å². The number of nitrogens with two attached hydrogens (primary N) is 1. The summed E-state index contributed by atoms with van der Waals surface area (Å²) in [6.45, 7) is 0.947. The van der Waals surface area contributed by atoms with Crippen molar-refractivity contribution in [3.63, 3.8) is 0 Å². The third kappa shape index (κ3) is 3.89. The first kappa shape index (κ1) is 14.3. The summed E-state index contributed by atoms with van der Waals surface area (Å²) in [7, 11) is 0. The Hall–Kier alpha value is -1.81. The number of anilines is 1. The van der Waals surface area contributed by atoms with Crippen molar-refractivity contribution in [1.82, 2.24) is 4.98 Å². The lowest BCUT2D eigenvalue weighted by Crippen LogP contribution is -2.13. The van der Waals surface area contributed by atoms with Gasteiger partial charge in [0.1, 0.15) is 17.6 Å². The monoisotopic (exact) mass is 258 g/mol. The first-order chi connectivity index (χ1) is 8.49. The molecule has 0 radical (unpaired) electrons. The van der Waals surface area contributed by atoms with Crippen LogP contribution in [0.2, 0.25) is 0 Å². The lowest BCUT2D eigenvalue weighted by Gasteiger charge is -2.10. The fourth-order valence-corrected chi connectivity index (χ4v) is 1.32. The minimum Gasteiger partial charge on any atom is -0.369 e. The van der Waals surface area contributed by atoms with Gasteiger partial charge in [-0.1, -0.05) is 0 Å². The highest BCUT2D eigenvalue weighted by atomic mass is 19.4. The van der Waals surface area contributed by atoms with Gasteiger partial charge in [0.05, 0.1) is 5.56 Å². The van der Waals surface area contributed by atoms with Crippen molar-refractivity contribution in [3.05, 3.63) is 23.4 Å². The molecule has 0 amide bonds. The molecule has 1 aromatic heterocycles. The number of alkyl halides is 3. The lowest BCUT2D eigenvalue weighted by atomic mass is 10.2. The van der Waals surface area contributed by atoms with Gasteiger partial charge in [-0.3, -0.25) is 0 Å². The van der Waals surface area contributed by atoms with Crippen LogP contribution in [-0.4, -0.2) is 18.1 Å². The molecule has 7 heteroatoms. The second-order valence-corrected chi connectivity index (χ2v) is 3.62. The second-order valence-electron chi connectivity index (χ2n) is 3.62. The van der Waals surface area contributed by atoms with Crippen LogP contribution in [-0.2, 0) is 6.18 Å². The Kier molecular flexibility index (Phi) is 4.92. The molecular weight excluding hydrogens is 245 g/mol. The predicted molar refractivity (Wildman–Crippen MR) is 60.7 cm³/mol. The van der Waals surface area contributed by atoms with Crippen LogP contribution < -0.4 is 11.1 Å². The minimum atomic E-state index is -4.51. The Morgan fingerprint density at radius 1 is 1.33 bits per heavy atom. The van der Waals surface area contributed by atoms with E-state index in [9.17, 15) is 13.2 Å². The smallest absolute Gasteiger partial charge is 0.369 e. The van der Waals surface area contributed by atoms with Crippen molar-refractivity contribution in [1.29, 1.82) is 5.26 Å². The molecule has 1 aromatic rings. The molecule has 0 aliphatic heterocycles. The average Bonchev–Trinajstić information content (AvgIpc) is 2.33. The van der Waals surface area contributed by atoms with E-state index in [1.807, 2.05) is 0 Å². The number of hydrogen-bond acceptors (Lipinski definition) is 4. The van der Waals surface area contributed by atoms with Crippen LogP contribution in [0.4, 0.5) is 19.0 Å². The molecule has 18 heavy (non-hydrogen) atoms. The Morgan fingerprint density at radius 2 is 2.06 bits per heavy atom. The van der Waals surface area contributed by atoms with Gasteiger partial charge >= 0.3 is 6.18 Å². The molecule has 1 rings (SSSR count). The summed E-state index contributed by atoms with van der Waals surface area (Å²) in [5.41, 5.74) is 4.38. The van der Waals surface area contributed by atoms with Crippen LogP contribution in [0.5, 0.6) is 0 Å². The van der Waals surface area contributed by atoms with Crippen molar-refractivity contribution in [2.75, 3.05) is 18.4 Å². The fourth-order valence-electron chi connectivity index (χ4n) is 1.32. The van der Waals surface area contributed by atoms with Crippen LogP contribution in [0.15, 0.2) is 12.1 Å². The lowest BCUT2D eigenvalue weighted by molar-refractivity contribution is -0.141. The number of nitrogens with zero attached hydrogens (tertiary/aromatic N) is 2. The van der Waals surface area contributed by atoms with Crippen LogP contribution in [0, 0.1) is 11.3 Å². The Morgan fingerprint density at radius 3 is 2.61 bits per heavy atom. The summed E-state index contributed by atoms with van der Waals surface area (Å²) in [5.74, 6) is -0.0376. The van der Waals surface area contributed by atoms with Gasteiger partial charge < -0.3 is 11.1 Å². The van der Waals surface area contributed by atoms with E-state index in [1.54, 1.807) is 6.07 Å². The van der Waals surface area contributed by atoms with E-state index in [0.29, 0.717) is 19.5 Å². The van der Waals surface area contributed by atoms with Gasteiger partial charge in [0.2, 0.25) is 0 Å². The zero-order chi connectivity index (χ0) is 13.6. The van der Waals surface area contributed by atoms with Crippen molar-refractivity contribution in [2.24, 2.45) is 5.73 Å². The molecule has 0 spiro atoms. The molecule has 4 nitrogen and oxygen atoms in total. The van der Waals surface area contributed by atoms with Gasteiger partial charge in [0.15, 0.2) is 0 Å². The SMILES string of the molecule is N#Cc1ccc(C(F)(F)F)nc1NCCCCN. The van der Waals surface area contributed by atoms with E-state index in [0.717, 1.165) is 18.6 Å². The maximum absolute atomic E-state index is 12.5. The standard InChI is InChI=1S/C11H13F3N4/c12-11(13,14)9-4-3-8(7-16)10(18-9)17-6-2-1-5-15/h3-4H,1-2,5-6,15H2,(H,17,18). The quantitative estimate of drug-likeness (QED) is 0.793. The van der Waals surface area contributed by atoms with Crippen molar-refractivity contribution in [3.8, 4) is 6.07 Å². The average molecular weight is 258 g/mol. The van der Waals surface area contributed by atoms with E-state index in [4.69, 9.17) is 11.0 Å². The molecule has 0 aliphatic carbocycles. The molecule has 0 aliphatic rings. The zero-order valence-corrected chi connectivity index (χ0v) is 9.59. The first-order valence-corrected chi connectivity index (χ1v) is 5.41. The summed E-state index contributed by atoms with van der Waals surface area (Å²) in [5, 5.41) is 11.5. The second kappa shape index (κ2) is 6.21. The molecule has 0 fully saturated rings. The largest absolute Gasteiger partial charge is 0.433 e. The molecule has 0 bridgehead atoms. The number of nitriles is 1. The topological polar surface area (TPSA) is 74.7 Å². The molecule has 0 atom stereocenters. The normalized spacial score (nSPS) is 11.1. The first-order valence-electron chi connectivity index (χ1n) is 5.41. The summed E-state index contributed by atoms with van der Waals surface area (Å²) in [4.78, 5) is 3.42. The van der Waals surface area contributed by atoms with E-state index in [2.05, 4.69) is 10.3 Å². The highest BCUT2D eigenvalue weighted by Gasteiger charge is 2.33. The summed E-state index contributed by atoms with van der Waals surface area (Å²) < 4.78 is 37.4. The van der Waals surface area contributed by atoms with Crippen LogP contribution in [0.3, 0.4) is 0 Å². The number of nitrogens with one attached hydrogen (secondary N) is 1. The molecule has 0 saturated carbocycles. The molecule has 0 saturated heterocycles. The number of aromatic nitrogens is 1. The number of hydrogen-bond donors (Lipinski definition) is 2. The van der Waals surface area contributed by atoms with Crippen molar-refractivity contribution < 1.29 is 13.2 Å². The Labute approximate surface area is 103 Å². The minimum absolute atomic E-state index is 0.0376. The predicted octanol–water partition coefficient (Wildman–Crippen LogP) is 2.12. The number of rotatable bonds is 5. The third-order valence-corrected chi connectivity index (χ3v) is 2.23. The van der Waals surface area contributed by atoms with Gasteiger partial charge in [-0.05, 0) is 31.5 Å². The molecule has 3 N–H and O–H groups in total. The van der Waals surface area contributed by atoms with Crippen LogP contribution in [0.25, 0.3) is 0 Å². The Balaban J connectivity index is 2.83. The Bertz CT molecular complexity index is 437. The van der Waals surface area contributed by atoms with Gasteiger partial charge in [0.25, 0.3) is 0 Å². The van der Waals surface area contributed by atoms with E-state index >= 15 is 0 Å². The van der Waals surface area contributed by atoms with Gasteiger partial charge in [0, 0.05) is 6.54 Å². The van der Waals surface area contributed by atoms with Gasteiger partial charge in [-0.25, -0.2) is 4.98 Å². The molecule has 98 valence electrons. The van der Waals surface area contributed by atoms with E-state index in [-0.39, 0.29) is 11.4 Å². The van der Waals surface area contributed by atoms with Gasteiger partial charge in [-0.2, -0.15) is 18.4 Å². The number of unbranched alkanes of at least 4 members (excludes halogenated alkanes) is 1. The van der Waals surface area contributed by atoms with Gasteiger partial charge in [-0.15, -0.1) is 0 Å². The number of pyridine rings is 1. The summed E-state index contributed by atoms with van der Waals surface area (Å²) in [6.07, 6.45) is -3.05. The molecule has 1 heterocycles. The third-order valence-electron chi connectivity index (χ3n) is 2.23. The number of halogens is 3. The van der Waals surface area contributed by atoms with E-state index < -0.39 is 11.9 Å². The molecule has 0 aromatic carbocycles. The molecular formula is C11H13F3N4. The zero-order valence-electron chi connectivity index (χ0n) is 9.59. The molecule has 0 unspecified atom stereocenters. The summed E-state index contributed by atoms with van der Waals surface area (Å²) in [6, 6.07) is 3.71.